The van der Waals surface area contributed by atoms with Crippen molar-refractivity contribution in [2.24, 2.45) is 10.9 Å². The van der Waals surface area contributed by atoms with E-state index < -0.39 is 6.04 Å². The Balaban J connectivity index is 2.14. The molecule has 20 heavy (non-hydrogen) atoms. The Morgan fingerprint density at radius 3 is 3.00 bits per heavy atom. The Morgan fingerprint density at radius 1 is 1.55 bits per heavy atom. The maximum absolute atomic E-state index is 12.4. The Kier molecular flexibility index (Phi) is 4.61. The van der Waals surface area contributed by atoms with Crippen molar-refractivity contribution in [3.8, 4) is 0 Å². The fourth-order valence-corrected chi connectivity index (χ4v) is 2.75. The third-order valence-corrected chi connectivity index (χ3v) is 3.88. The molecule has 0 saturated carbocycles. The number of benzene rings is 1. The van der Waals surface area contributed by atoms with Crippen molar-refractivity contribution in [3.63, 3.8) is 0 Å². The summed E-state index contributed by atoms with van der Waals surface area (Å²) in [5.74, 6) is -0.138. The average molecular weight is 275 g/mol. The quantitative estimate of drug-likeness (QED) is 0.338. The Morgan fingerprint density at radius 2 is 2.30 bits per heavy atom. The first kappa shape index (κ1) is 14.4. The largest absolute Gasteiger partial charge is 0.409 e. The van der Waals surface area contributed by atoms with Gasteiger partial charge in [0.05, 0.1) is 12.0 Å². The smallest absolute Gasteiger partial charge is 0.228 e. The Hall–Kier alpha value is -2.04. The average Bonchev–Trinajstić information content (AvgIpc) is 2.51. The summed E-state index contributed by atoms with van der Waals surface area (Å²) in [6.07, 6.45) is 3.47. The molecule has 0 spiro atoms. The highest BCUT2D eigenvalue weighted by Crippen LogP contribution is 2.31. The van der Waals surface area contributed by atoms with Crippen molar-refractivity contribution in [1.82, 2.24) is 5.32 Å². The number of aryl methyl sites for hydroxylation is 1. The van der Waals surface area contributed by atoms with E-state index >= 15 is 0 Å². The molecule has 4 N–H and O–H groups in total. The van der Waals surface area contributed by atoms with Crippen LogP contribution in [-0.2, 0) is 11.2 Å². The second-order valence-electron chi connectivity index (χ2n) is 5.14. The predicted molar refractivity (Wildman–Crippen MR) is 77.8 cm³/mol. The molecule has 2 unspecified atom stereocenters. The van der Waals surface area contributed by atoms with E-state index in [1.165, 1.54) is 5.56 Å². The first-order valence-electron chi connectivity index (χ1n) is 7.03. The van der Waals surface area contributed by atoms with Gasteiger partial charge in [-0.1, -0.05) is 36.3 Å². The van der Waals surface area contributed by atoms with Crippen LogP contribution >= 0.6 is 0 Å². The highest BCUT2D eigenvalue weighted by molar-refractivity contribution is 5.92. The molecule has 5 heteroatoms. The number of nitrogens with zero attached hydrogens (tertiary/aromatic N) is 1. The lowest BCUT2D eigenvalue weighted by atomic mass is 9.82. The van der Waals surface area contributed by atoms with Crippen molar-refractivity contribution in [2.75, 3.05) is 0 Å². The lowest BCUT2D eigenvalue weighted by Crippen LogP contribution is -2.46. The molecule has 5 nitrogen and oxygen atoms in total. The highest BCUT2D eigenvalue weighted by atomic mass is 16.4. The van der Waals surface area contributed by atoms with Gasteiger partial charge in [0.1, 0.15) is 0 Å². The van der Waals surface area contributed by atoms with Crippen LogP contribution in [0.4, 0.5) is 0 Å². The number of hydrogen-bond acceptors (Lipinski definition) is 3. The number of rotatable bonds is 4. The minimum Gasteiger partial charge on any atom is -0.409 e. The zero-order valence-electron chi connectivity index (χ0n) is 11.7. The van der Waals surface area contributed by atoms with Crippen LogP contribution < -0.4 is 11.1 Å². The summed E-state index contributed by atoms with van der Waals surface area (Å²) in [5, 5.41) is 14.6. The summed E-state index contributed by atoms with van der Waals surface area (Å²) in [6, 6.07) is 7.65. The third kappa shape index (κ3) is 2.92. The molecule has 0 bridgehead atoms. The van der Waals surface area contributed by atoms with Crippen LogP contribution in [0.3, 0.4) is 0 Å². The van der Waals surface area contributed by atoms with Gasteiger partial charge in [-0.25, -0.2) is 0 Å². The first-order valence-corrected chi connectivity index (χ1v) is 7.03. The van der Waals surface area contributed by atoms with Crippen LogP contribution in [0, 0.1) is 0 Å². The van der Waals surface area contributed by atoms with Crippen molar-refractivity contribution in [3.05, 3.63) is 35.4 Å². The van der Waals surface area contributed by atoms with E-state index in [4.69, 9.17) is 10.9 Å². The Labute approximate surface area is 118 Å². The van der Waals surface area contributed by atoms with Gasteiger partial charge in [0.2, 0.25) is 5.91 Å². The van der Waals surface area contributed by atoms with Gasteiger partial charge in [-0.3, -0.25) is 4.79 Å². The molecule has 0 radical (unpaired) electrons. The van der Waals surface area contributed by atoms with E-state index in [-0.39, 0.29) is 17.7 Å². The molecule has 1 aromatic carbocycles. The zero-order chi connectivity index (χ0) is 14.5. The number of hydrogen-bond donors (Lipinski definition) is 3. The number of amides is 1. The topological polar surface area (TPSA) is 87.7 Å². The molecule has 0 saturated heterocycles. The molecule has 2 rings (SSSR count). The minimum absolute atomic E-state index is 0.0457. The van der Waals surface area contributed by atoms with Crippen LogP contribution in [0.5, 0.6) is 0 Å². The van der Waals surface area contributed by atoms with Gasteiger partial charge >= 0.3 is 0 Å². The molecule has 108 valence electrons. The van der Waals surface area contributed by atoms with Crippen molar-refractivity contribution >= 4 is 11.7 Å². The molecular weight excluding hydrogens is 254 g/mol. The van der Waals surface area contributed by atoms with E-state index in [1.54, 1.807) is 0 Å². The summed E-state index contributed by atoms with van der Waals surface area (Å²) in [6.45, 7) is 1.89. The number of amidine groups is 1. The van der Waals surface area contributed by atoms with E-state index in [1.807, 2.05) is 25.1 Å². The van der Waals surface area contributed by atoms with Crippen LogP contribution in [0.15, 0.2) is 29.4 Å². The lowest BCUT2D eigenvalue weighted by molar-refractivity contribution is -0.123. The first-order chi connectivity index (χ1) is 9.67. The van der Waals surface area contributed by atoms with E-state index in [0.717, 1.165) is 24.8 Å². The van der Waals surface area contributed by atoms with Crippen LogP contribution in [0.25, 0.3) is 0 Å². The summed E-state index contributed by atoms with van der Waals surface area (Å²) >= 11 is 0. The Bertz CT molecular complexity index is 514. The summed E-state index contributed by atoms with van der Waals surface area (Å²) in [5.41, 5.74) is 7.93. The van der Waals surface area contributed by atoms with Gasteiger partial charge in [-0.15, -0.1) is 0 Å². The monoisotopic (exact) mass is 275 g/mol. The molecule has 1 amide bonds. The maximum Gasteiger partial charge on any atom is 0.228 e. The molecule has 2 atom stereocenters. The van der Waals surface area contributed by atoms with Crippen LogP contribution in [0.1, 0.15) is 43.2 Å². The lowest BCUT2D eigenvalue weighted by Gasteiger charge is -2.26. The fourth-order valence-electron chi connectivity index (χ4n) is 2.75. The molecule has 1 aromatic rings. The number of carbonyl (C=O) groups excluding carboxylic acids is 1. The van der Waals surface area contributed by atoms with Crippen molar-refractivity contribution in [1.29, 1.82) is 0 Å². The van der Waals surface area contributed by atoms with E-state index in [0.29, 0.717) is 6.42 Å². The zero-order valence-corrected chi connectivity index (χ0v) is 11.7. The number of nitrogens with two attached hydrogens (primary N) is 1. The van der Waals surface area contributed by atoms with E-state index in [9.17, 15) is 4.79 Å². The third-order valence-electron chi connectivity index (χ3n) is 3.88. The SMILES string of the molecule is CCC(NC(=O)C1CCCc2ccccc21)C(N)=NO. The molecule has 0 aliphatic heterocycles. The van der Waals surface area contributed by atoms with Gasteiger partial charge in [-0.2, -0.15) is 0 Å². The standard InChI is InChI=1S/C15H21N3O2/c1-2-13(14(16)18-20)17-15(19)12-9-5-7-10-6-3-4-8-11(10)12/h3-4,6,8,12-13,20H,2,5,7,9H2,1H3,(H2,16,18)(H,17,19). The number of fused-ring (bicyclic) bond motifs is 1. The van der Waals surface area contributed by atoms with Crippen LogP contribution in [-0.4, -0.2) is 23.0 Å². The van der Waals surface area contributed by atoms with Crippen molar-refractivity contribution < 1.29 is 10.0 Å². The highest BCUT2D eigenvalue weighted by Gasteiger charge is 2.28. The van der Waals surface area contributed by atoms with Gasteiger partial charge in [0, 0.05) is 0 Å². The minimum atomic E-state index is -0.415. The fraction of sp³-hybridized carbons (Fsp3) is 0.467. The molecule has 1 aliphatic carbocycles. The van der Waals surface area contributed by atoms with E-state index in [2.05, 4.69) is 16.5 Å². The van der Waals surface area contributed by atoms with Gasteiger partial charge in [0.15, 0.2) is 5.84 Å². The molecular formula is C15H21N3O2. The molecule has 0 heterocycles. The van der Waals surface area contributed by atoms with Crippen molar-refractivity contribution in [2.45, 2.75) is 44.6 Å². The van der Waals surface area contributed by atoms with Gasteiger partial charge < -0.3 is 16.3 Å². The van der Waals surface area contributed by atoms with Gasteiger partial charge in [-0.05, 0) is 36.8 Å². The summed E-state index contributed by atoms with van der Waals surface area (Å²) in [4.78, 5) is 12.4. The van der Waals surface area contributed by atoms with Crippen LogP contribution in [0.2, 0.25) is 0 Å². The van der Waals surface area contributed by atoms with Gasteiger partial charge in [0.25, 0.3) is 0 Å². The number of oxime groups is 1. The number of carbonyl (C=O) groups is 1. The second-order valence-corrected chi connectivity index (χ2v) is 5.14. The maximum atomic E-state index is 12.4. The normalized spacial score (nSPS) is 20.1. The number of nitrogens with one attached hydrogen (secondary N) is 1. The summed E-state index contributed by atoms with van der Waals surface area (Å²) in [7, 11) is 0. The molecule has 0 aromatic heterocycles. The summed E-state index contributed by atoms with van der Waals surface area (Å²) < 4.78 is 0. The molecule has 1 aliphatic rings. The molecule has 0 fully saturated rings. The second kappa shape index (κ2) is 6.41. The predicted octanol–water partition coefficient (Wildman–Crippen LogP) is 1.75.